The van der Waals surface area contributed by atoms with Gasteiger partial charge in [0.05, 0.1) is 0 Å². The molecule has 3 rings (SSSR count). The molecular formula is C19H16O5. The van der Waals surface area contributed by atoms with Crippen LogP contribution in [-0.4, -0.2) is 17.7 Å². The molecule has 0 heterocycles. The Kier molecular flexibility index (Phi) is 4.16. The van der Waals surface area contributed by atoms with E-state index < -0.39 is 11.9 Å². The van der Waals surface area contributed by atoms with Gasteiger partial charge in [0.1, 0.15) is 0 Å². The Balaban J connectivity index is 2.11. The van der Waals surface area contributed by atoms with Gasteiger partial charge in [0.2, 0.25) is 0 Å². The SMILES string of the molecule is CC(=O)Oc1cc2c(cc1OC(C)=O)C(c1ccccc1)CC2=O. The van der Waals surface area contributed by atoms with Gasteiger partial charge in [-0.15, -0.1) is 0 Å². The van der Waals surface area contributed by atoms with Crippen molar-refractivity contribution in [2.75, 3.05) is 0 Å². The van der Waals surface area contributed by atoms with E-state index in [1.165, 1.54) is 19.9 Å². The molecule has 0 aliphatic heterocycles. The molecule has 0 spiro atoms. The number of esters is 2. The lowest BCUT2D eigenvalue weighted by atomic mass is 9.93. The van der Waals surface area contributed by atoms with Crippen LogP contribution in [0.3, 0.4) is 0 Å². The summed E-state index contributed by atoms with van der Waals surface area (Å²) in [5, 5.41) is 0. The van der Waals surface area contributed by atoms with E-state index >= 15 is 0 Å². The van der Waals surface area contributed by atoms with Gasteiger partial charge in [0.15, 0.2) is 17.3 Å². The monoisotopic (exact) mass is 324 g/mol. The molecule has 122 valence electrons. The van der Waals surface area contributed by atoms with Gasteiger partial charge >= 0.3 is 11.9 Å². The third-order valence-electron chi connectivity index (χ3n) is 3.89. The van der Waals surface area contributed by atoms with Gasteiger partial charge < -0.3 is 9.47 Å². The Morgan fingerprint density at radius 3 is 2.12 bits per heavy atom. The van der Waals surface area contributed by atoms with E-state index in [0.29, 0.717) is 12.0 Å². The maximum absolute atomic E-state index is 12.4. The van der Waals surface area contributed by atoms with Gasteiger partial charge in [0.25, 0.3) is 0 Å². The summed E-state index contributed by atoms with van der Waals surface area (Å²) in [6, 6.07) is 12.8. The minimum absolute atomic E-state index is 0.0263. The largest absolute Gasteiger partial charge is 0.423 e. The normalized spacial score (nSPS) is 15.8. The molecule has 0 aromatic heterocycles. The van der Waals surface area contributed by atoms with Crippen molar-refractivity contribution in [3.63, 3.8) is 0 Å². The molecule has 1 unspecified atom stereocenters. The lowest BCUT2D eigenvalue weighted by Crippen LogP contribution is -2.08. The van der Waals surface area contributed by atoms with Crippen molar-refractivity contribution in [2.24, 2.45) is 0 Å². The zero-order valence-electron chi connectivity index (χ0n) is 13.4. The van der Waals surface area contributed by atoms with Crippen LogP contribution in [0.2, 0.25) is 0 Å². The first-order chi connectivity index (χ1) is 11.5. The number of rotatable bonds is 3. The number of carbonyl (C=O) groups excluding carboxylic acids is 3. The van der Waals surface area contributed by atoms with Gasteiger partial charge in [-0.05, 0) is 23.3 Å². The lowest BCUT2D eigenvalue weighted by molar-refractivity contribution is -0.134. The molecule has 2 aromatic rings. The second-order valence-corrected chi connectivity index (χ2v) is 5.66. The van der Waals surface area contributed by atoms with Crippen LogP contribution in [0.4, 0.5) is 0 Å². The maximum atomic E-state index is 12.4. The molecule has 0 N–H and O–H groups in total. The van der Waals surface area contributed by atoms with Crippen LogP contribution < -0.4 is 9.47 Å². The average Bonchev–Trinajstić information content (AvgIpc) is 2.84. The predicted octanol–water partition coefficient (Wildman–Crippen LogP) is 3.26. The number of carbonyl (C=O) groups is 3. The van der Waals surface area contributed by atoms with Crippen molar-refractivity contribution >= 4 is 17.7 Å². The van der Waals surface area contributed by atoms with Crippen LogP contribution in [0, 0.1) is 0 Å². The standard InChI is InChI=1S/C19H16O5/c1-11(20)23-18-9-15-14(13-6-4-3-5-7-13)8-17(22)16(15)10-19(18)24-12(2)21/h3-7,9-10,14H,8H2,1-2H3. The minimum Gasteiger partial charge on any atom is -0.423 e. The zero-order chi connectivity index (χ0) is 17.3. The Hall–Kier alpha value is -2.95. The first kappa shape index (κ1) is 15.9. The number of Topliss-reactive ketones (excluding diaryl/α,β-unsaturated/α-hetero) is 1. The molecule has 1 aliphatic rings. The summed E-state index contributed by atoms with van der Waals surface area (Å²) in [4.78, 5) is 35.0. The summed E-state index contributed by atoms with van der Waals surface area (Å²) in [7, 11) is 0. The van der Waals surface area contributed by atoms with E-state index in [-0.39, 0.29) is 23.2 Å². The summed E-state index contributed by atoms with van der Waals surface area (Å²) in [5.74, 6) is -0.973. The average molecular weight is 324 g/mol. The van der Waals surface area contributed by atoms with Crippen molar-refractivity contribution in [3.8, 4) is 11.5 Å². The van der Waals surface area contributed by atoms with E-state index in [4.69, 9.17) is 9.47 Å². The fraction of sp³-hybridized carbons (Fsp3) is 0.211. The molecule has 0 fully saturated rings. The summed E-state index contributed by atoms with van der Waals surface area (Å²) in [5.41, 5.74) is 2.29. The van der Waals surface area contributed by atoms with Gasteiger partial charge in [-0.1, -0.05) is 30.3 Å². The molecule has 5 heteroatoms. The summed E-state index contributed by atoms with van der Waals surface area (Å²) in [6.45, 7) is 2.52. The molecule has 1 aliphatic carbocycles. The fourth-order valence-electron chi connectivity index (χ4n) is 2.96. The molecule has 0 saturated carbocycles. The van der Waals surface area contributed by atoms with Crippen LogP contribution in [0.5, 0.6) is 11.5 Å². The Labute approximate surface area is 139 Å². The van der Waals surface area contributed by atoms with E-state index in [1.54, 1.807) is 6.07 Å². The molecule has 0 radical (unpaired) electrons. The van der Waals surface area contributed by atoms with Crippen LogP contribution in [0.25, 0.3) is 0 Å². The van der Waals surface area contributed by atoms with Crippen molar-refractivity contribution < 1.29 is 23.9 Å². The van der Waals surface area contributed by atoms with E-state index in [9.17, 15) is 14.4 Å². The smallest absolute Gasteiger partial charge is 0.308 e. The Morgan fingerprint density at radius 2 is 1.54 bits per heavy atom. The molecule has 0 bridgehead atoms. The molecule has 2 aromatic carbocycles. The van der Waals surface area contributed by atoms with Crippen LogP contribution in [-0.2, 0) is 9.59 Å². The summed E-state index contributed by atoms with van der Waals surface area (Å²) in [6.07, 6.45) is 0.336. The number of fused-ring (bicyclic) bond motifs is 1. The predicted molar refractivity (Wildman–Crippen MR) is 86.3 cm³/mol. The highest BCUT2D eigenvalue weighted by Crippen LogP contribution is 2.43. The minimum atomic E-state index is -0.548. The third kappa shape index (κ3) is 3.06. The second-order valence-electron chi connectivity index (χ2n) is 5.66. The van der Waals surface area contributed by atoms with Gasteiger partial charge in [-0.25, -0.2) is 0 Å². The first-order valence-corrected chi connectivity index (χ1v) is 7.58. The second kappa shape index (κ2) is 6.28. The summed E-state index contributed by atoms with van der Waals surface area (Å²) < 4.78 is 10.3. The summed E-state index contributed by atoms with van der Waals surface area (Å²) >= 11 is 0. The van der Waals surface area contributed by atoms with Gasteiger partial charge in [0, 0.05) is 31.7 Å². The van der Waals surface area contributed by atoms with Gasteiger partial charge in [-0.2, -0.15) is 0 Å². The molecule has 1 atom stereocenters. The van der Waals surface area contributed by atoms with Crippen molar-refractivity contribution in [2.45, 2.75) is 26.2 Å². The fourth-order valence-corrected chi connectivity index (χ4v) is 2.96. The molecule has 24 heavy (non-hydrogen) atoms. The van der Waals surface area contributed by atoms with Crippen molar-refractivity contribution in [1.82, 2.24) is 0 Å². The highest BCUT2D eigenvalue weighted by molar-refractivity contribution is 6.02. The zero-order valence-corrected chi connectivity index (χ0v) is 13.4. The lowest BCUT2D eigenvalue weighted by Gasteiger charge is -2.14. The third-order valence-corrected chi connectivity index (χ3v) is 3.89. The quantitative estimate of drug-likeness (QED) is 0.640. The van der Waals surface area contributed by atoms with Crippen molar-refractivity contribution in [1.29, 1.82) is 0 Å². The van der Waals surface area contributed by atoms with E-state index in [0.717, 1.165) is 11.1 Å². The highest BCUT2D eigenvalue weighted by atomic mass is 16.6. The number of benzene rings is 2. The van der Waals surface area contributed by atoms with E-state index in [1.807, 2.05) is 30.3 Å². The van der Waals surface area contributed by atoms with Crippen LogP contribution >= 0.6 is 0 Å². The number of ether oxygens (including phenoxy) is 2. The van der Waals surface area contributed by atoms with Crippen LogP contribution in [0.1, 0.15) is 47.7 Å². The molecule has 5 nitrogen and oxygen atoms in total. The number of hydrogen-bond acceptors (Lipinski definition) is 5. The topological polar surface area (TPSA) is 69.7 Å². The Bertz CT molecular complexity index is 823. The Morgan fingerprint density at radius 1 is 0.958 bits per heavy atom. The maximum Gasteiger partial charge on any atom is 0.308 e. The van der Waals surface area contributed by atoms with Gasteiger partial charge in [-0.3, -0.25) is 14.4 Å². The molecule has 0 amide bonds. The van der Waals surface area contributed by atoms with Crippen molar-refractivity contribution in [3.05, 3.63) is 59.2 Å². The first-order valence-electron chi connectivity index (χ1n) is 7.58. The number of ketones is 1. The highest BCUT2D eigenvalue weighted by Gasteiger charge is 2.32. The number of hydrogen-bond donors (Lipinski definition) is 0. The van der Waals surface area contributed by atoms with E-state index in [2.05, 4.69) is 0 Å². The molecular weight excluding hydrogens is 308 g/mol. The van der Waals surface area contributed by atoms with Crippen LogP contribution in [0.15, 0.2) is 42.5 Å². The molecule has 0 saturated heterocycles.